The first-order valence-corrected chi connectivity index (χ1v) is 6.44. The van der Waals surface area contributed by atoms with Crippen molar-refractivity contribution < 1.29 is 14.3 Å². The van der Waals surface area contributed by atoms with E-state index in [0.29, 0.717) is 6.61 Å². The van der Waals surface area contributed by atoms with Gasteiger partial charge in [0.15, 0.2) is 0 Å². The summed E-state index contributed by atoms with van der Waals surface area (Å²) in [6.45, 7) is 6.31. The predicted molar refractivity (Wildman–Crippen MR) is 62.9 cm³/mol. The van der Waals surface area contributed by atoms with Crippen LogP contribution in [-0.4, -0.2) is 18.7 Å². The van der Waals surface area contributed by atoms with Crippen molar-refractivity contribution in [1.82, 2.24) is 0 Å². The van der Waals surface area contributed by atoms with E-state index >= 15 is 0 Å². The highest BCUT2D eigenvalue weighted by Crippen LogP contribution is 2.36. The molecule has 88 valence electrons. The van der Waals surface area contributed by atoms with Crippen molar-refractivity contribution in [2.45, 2.75) is 39.4 Å². The standard InChI is InChI=1S/C12H16O3S/c1-4-14-12(13)10-6-16-11-8(3)15-7(2)5-9(10)11/h6-8H,4-5H2,1-3H3. The fourth-order valence-corrected chi connectivity index (χ4v) is 3.14. The smallest absolute Gasteiger partial charge is 0.339 e. The van der Waals surface area contributed by atoms with E-state index in [9.17, 15) is 4.79 Å². The second kappa shape index (κ2) is 4.55. The third kappa shape index (κ3) is 1.99. The molecule has 4 heteroatoms. The Bertz CT molecular complexity index is 397. The minimum atomic E-state index is -0.207. The average molecular weight is 240 g/mol. The number of hydrogen-bond acceptors (Lipinski definition) is 4. The van der Waals surface area contributed by atoms with Crippen molar-refractivity contribution in [3.05, 3.63) is 21.4 Å². The van der Waals surface area contributed by atoms with Crippen LogP contribution in [0.15, 0.2) is 5.38 Å². The molecule has 0 saturated heterocycles. The Kier molecular flexibility index (Phi) is 3.30. The summed E-state index contributed by atoms with van der Waals surface area (Å²) < 4.78 is 10.8. The molecule has 0 spiro atoms. The van der Waals surface area contributed by atoms with E-state index in [2.05, 4.69) is 0 Å². The molecule has 1 aliphatic heterocycles. The van der Waals surface area contributed by atoms with Crippen LogP contribution in [0, 0.1) is 0 Å². The molecule has 0 bridgehead atoms. The quantitative estimate of drug-likeness (QED) is 0.746. The zero-order valence-electron chi connectivity index (χ0n) is 9.78. The molecule has 3 nitrogen and oxygen atoms in total. The molecule has 0 aromatic carbocycles. The van der Waals surface area contributed by atoms with E-state index in [0.717, 1.165) is 17.5 Å². The molecular formula is C12H16O3S. The molecule has 0 saturated carbocycles. The molecule has 0 amide bonds. The normalized spacial score (nSPS) is 23.9. The molecule has 2 rings (SSSR count). The van der Waals surface area contributed by atoms with Crippen molar-refractivity contribution in [3.63, 3.8) is 0 Å². The van der Waals surface area contributed by atoms with Gasteiger partial charge in [-0.3, -0.25) is 0 Å². The summed E-state index contributed by atoms with van der Waals surface area (Å²) in [5.41, 5.74) is 1.85. The lowest BCUT2D eigenvalue weighted by Crippen LogP contribution is -2.22. The number of ether oxygens (including phenoxy) is 2. The Morgan fingerprint density at radius 2 is 2.38 bits per heavy atom. The van der Waals surface area contributed by atoms with Gasteiger partial charge in [-0.1, -0.05) is 0 Å². The topological polar surface area (TPSA) is 35.5 Å². The van der Waals surface area contributed by atoms with Crippen LogP contribution in [0.2, 0.25) is 0 Å². The third-order valence-corrected chi connectivity index (χ3v) is 3.90. The van der Waals surface area contributed by atoms with Gasteiger partial charge < -0.3 is 9.47 Å². The summed E-state index contributed by atoms with van der Waals surface area (Å²) >= 11 is 1.59. The molecule has 2 atom stereocenters. The molecule has 0 aliphatic carbocycles. The maximum Gasteiger partial charge on any atom is 0.339 e. The van der Waals surface area contributed by atoms with Gasteiger partial charge in [0.05, 0.1) is 24.4 Å². The van der Waals surface area contributed by atoms with E-state index in [1.54, 1.807) is 11.3 Å². The summed E-state index contributed by atoms with van der Waals surface area (Å²) in [5, 5.41) is 1.89. The lowest BCUT2D eigenvalue weighted by molar-refractivity contribution is -0.00249. The minimum absolute atomic E-state index is 0.0897. The number of esters is 1. The van der Waals surface area contributed by atoms with E-state index in [1.807, 2.05) is 26.2 Å². The van der Waals surface area contributed by atoms with E-state index < -0.39 is 0 Å². The Balaban J connectivity index is 2.32. The van der Waals surface area contributed by atoms with Gasteiger partial charge in [-0.2, -0.15) is 0 Å². The summed E-state index contributed by atoms with van der Waals surface area (Å²) in [7, 11) is 0. The number of hydrogen-bond donors (Lipinski definition) is 0. The number of carbonyl (C=O) groups excluding carboxylic acids is 1. The molecule has 1 aromatic heterocycles. The number of fused-ring (bicyclic) bond motifs is 1. The van der Waals surface area contributed by atoms with Crippen LogP contribution in [0.1, 0.15) is 47.7 Å². The van der Waals surface area contributed by atoms with Crippen LogP contribution in [0.25, 0.3) is 0 Å². The first-order chi connectivity index (χ1) is 7.63. The molecule has 1 aliphatic rings. The lowest BCUT2D eigenvalue weighted by Gasteiger charge is -2.25. The molecule has 0 fully saturated rings. The van der Waals surface area contributed by atoms with Crippen LogP contribution in [0.5, 0.6) is 0 Å². The fraction of sp³-hybridized carbons (Fsp3) is 0.583. The van der Waals surface area contributed by atoms with Crippen LogP contribution in [0.4, 0.5) is 0 Å². The average Bonchev–Trinajstić information content (AvgIpc) is 2.61. The van der Waals surface area contributed by atoms with Gasteiger partial charge >= 0.3 is 5.97 Å². The zero-order chi connectivity index (χ0) is 11.7. The zero-order valence-corrected chi connectivity index (χ0v) is 10.6. The molecule has 16 heavy (non-hydrogen) atoms. The van der Waals surface area contributed by atoms with E-state index in [4.69, 9.17) is 9.47 Å². The van der Waals surface area contributed by atoms with Gasteiger partial charge in [-0.15, -0.1) is 11.3 Å². The predicted octanol–water partition coefficient (Wildman–Crippen LogP) is 2.95. The highest BCUT2D eigenvalue weighted by Gasteiger charge is 2.28. The molecule has 1 aromatic rings. The van der Waals surface area contributed by atoms with Crippen LogP contribution < -0.4 is 0 Å². The van der Waals surface area contributed by atoms with Crippen LogP contribution in [0.3, 0.4) is 0 Å². The summed E-state index contributed by atoms with van der Waals surface area (Å²) in [5.74, 6) is -0.207. The first-order valence-electron chi connectivity index (χ1n) is 5.56. The highest BCUT2D eigenvalue weighted by molar-refractivity contribution is 7.10. The van der Waals surface area contributed by atoms with Crippen LogP contribution in [-0.2, 0) is 15.9 Å². The van der Waals surface area contributed by atoms with Crippen LogP contribution >= 0.6 is 11.3 Å². The Labute approximate surface area is 99.4 Å². The number of rotatable bonds is 2. The summed E-state index contributed by atoms with van der Waals surface area (Å²) in [6, 6.07) is 0. The maximum absolute atomic E-state index is 11.7. The van der Waals surface area contributed by atoms with Gasteiger partial charge in [-0.05, 0) is 26.3 Å². The second-order valence-corrected chi connectivity index (χ2v) is 4.92. The largest absolute Gasteiger partial charge is 0.462 e. The Morgan fingerprint density at radius 1 is 1.62 bits per heavy atom. The van der Waals surface area contributed by atoms with E-state index in [-0.39, 0.29) is 18.2 Å². The van der Waals surface area contributed by atoms with Crippen molar-refractivity contribution in [2.24, 2.45) is 0 Å². The molecule has 2 unspecified atom stereocenters. The first kappa shape index (κ1) is 11.6. The van der Waals surface area contributed by atoms with Crippen molar-refractivity contribution in [2.75, 3.05) is 6.61 Å². The molecule has 0 N–H and O–H groups in total. The van der Waals surface area contributed by atoms with Gasteiger partial charge in [0.2, 0.25) is 0 Å². The number of thiophene rings is 1. The molecular weight excluding hydrogens is 224 g/mol. The highest BCUT2D eigenvalue weighted by atomic mass is 32.1. The van der Waals surface area contributed by atoms with Gasteiger partial charge in [0.1, 0.15) is 0 Å². The van der Waals surface area contributed by atoms with Crippen molar-refractivity contribution in [3.8, 4) is 0 Å². The van der Waals surface area contributed by atoms with Gasteiger partial charge in [0.25, 0.3) is 0 Å². The van der Waals surface area contributed by atoms with Crippen molar-refractivity contribution >= 4 is 17.3 Å². The maximum atomic E-state index is 11.7. The summed E-state index contributed by atoms with van der Waals surface area (Å²) in [6.07, 6.45) is 1.06. The van der Waals surface area contributed by atoms with E-state index in [1.165, 1.54) is 4.88 Å². The molecule has 0 radical (unpaired) electrons. The Morgan fingerprint density at radius 3 is 3.06 bits per heavy atom. The summed E-state index contributed by atoms with van der Waals surface area (Å²) in [4.78, 5) is 12.9. The van der Waals surface area contributed by atoms with Gasteiger partial charge in [-0.25, -0.2) is 4.79 Å². The second-order valence-electron chi connectivity index (χ2n) is 4.01. The third-order valence-electron chi connectivity index (χ3n) is 2.72. The fourth-order valence-electron chi connectivity index (χ4n) is 2.08. The SMILES string of the molecule is CCOC(=O)c1csc2c1CC(C)OC2C. The minimum Gasteiger partial charge on any atom is -0.462 e. The molecule has 2 heterocycles. The van der Waals surface area contributed by atoms with Gasteiger partial charge in [0, 0.05) is 16.7 Å². The lowest BCUT2D eigenvalue weighted by atomic mass is 9.99. The van der Waals surface area contributed by atoms with Crippen molar-refractivity contribution in [1.29, 1.82) is 0 Å². The Hall–Kier alpha value is -0.870. The number of carbonyl (C=O) groups is 1. The monoisotopic (exact) mass is 240 g/mol.